The average Bonchev–Trinajstić information content (AvgIpc) is 3.10. The predicted octanol–water partition coefficient (Wildman–Crippen LogP) is 2.82. The van der Waals surface area contributed by atoms with E-state index in [-0.39, 0.29) is 5.41 Å². The van der Waals surface area contributed by atoms with E-state index in [1.807, 2.05) is 6.92 Å². The molecule has 0 spiro atoms. The Labute approximate surface area is 114 Å². The monoisotopic (exact) mass is 264 g/mol. The van der Waals surface area contributed by atoms with Crippen LogP contribution in [0, 0.1) is 28.6 Å². The van der Waals surface area contributed by atoms with Crippen molar-refractivity contribution in [2.24, 2.45) is 28.6 Å². The van der Waals surface area contributed by atoms with E-state index < -0.39 is 17.0 Å². The molecule has 5 fully saturated rings. The van der Waals surface area contributed by atoms with Gasteiger partial charge in [0.05, 0.1) is 11.0 Å². The highest BCUT2D eigenvalue weighted by atomic mass is 16.4. The zero-order valence-electron chi connectivity index (χ0n) is 11.7. The first kappa shape index (κ1) is 12.2. The van der Waals surface area contributed by atoms with Crippen LogP contribution in [0.15, 0.2) is 0 Å². The van der Waals surface area contributed by atoms with Crippen molar-refractivity contribution in [1.29, 1.82) is 0 Å². The molecule has 5 aliphatic rings. The summed E-state index contributed by atoms with van der Waals surface area (Å²) in [6.07, 6.45) is 8.06. The molecule has 3 heteroatoms. The number of hydrogen-bond acceptors (Lipinski definition) is 2. The maximum Gasteiger partial charge on any atom is 0.309 e. The Hall–Kier alpha value is -0.570. The van der Waals surface area contributed by atoms with Crippen molar-refractivity contribution in [2.75, 3.05) is 0 Å². The molecule has 5 rings (SSSR count). The zero-order valence-corrected chi connectivity index (χ0v) is 11.7. The molecule has 0 amide bonds. The molecule has 19 heavy (non-hydrogen) atoms. The van der Waals surface area contributed by atoms with Crippen molar-refractivity contribution < 1.29 is 15.0 Å². The Morgan fingerprint density at radius 3 is 2.21 bits per heavy atom. The number of aliphatic carboxylic acids is 1. The van der Waals surface area contributed by atoms with Crippen molar-refractivity contribution in [3.63, 3.8) is 0 Å². The van der Waals surface area contributed by atoms with Crippen molar-refractivity contribution >= 4 is 5.97 Å². The van der Waals surface area contributed by atoms with E-state index >= 15 is 0 Å². The molecule has 106 valence electrons. The van der Waals surface area contributed by atoms with E-state index in [0.29, 0.717) is 17.8 Å². The molecule has 3 nitrogen and oxygen atoms in total. The van der Waals surface area contributed by atoms with Gasteiger partial charge in [-0.15, -0.1) is 0 Å². The summed E-state index contributed by atoms with van der Waals surface area (Å²) < 4.78 is 0. The lowest BCUT2D eigenvalue weighted by atomic mass is 9.40. The van der Waals surface area contributed by atoms with Gasteiger partial charge >= 0.3 is 5.97 Å². The zero-order chi connectivity index (χ0) is 13.5. The van der Waals surface area contributed by atoms with Gasteiger partial charge in [-0.1, -0.05) is 0 Å². The molecule has 0 saturated heterocycles. The molecule has 5 saturated carbocycles. The van der Waals surface area contributed by atoms with Gasteiger partial charge in [0.2, 0.25) is 0 Å². The van der Waals surface area contributed by atoms with Gasteiger partial charge in [0.1, 0.15) is 0 Å². The summed E-state index contributed by atoms with van der Waals surface area (Å²) in [5.41, 5.74) is -1.24. The fourth-order valence-corrected chi connectivity index (χ4v) is 6.18. The van der Waals surface area contributed by atoms with Crippen LogP contribution < -0.4 is 0 Å². The first-order chi connectivity index (χ1) is 8.87. The van der Waals surface area contributed by atoms with E-state index in [9.17, 15) is 15.0 Å². The molecular weight excluding hydrogens is 240 g/mol. The van der Waals surface area contributed by atoms with E-state index in [1.165, 1.54) is 6.42 Å². The third-order valence-corrected chi connectivity index (χ3v) is 6.96. The maximum atomic E-state index is 11.8. The van der Waals surface area contributed by atoms with Gasteiger partial charge < -0.3 is 10.2 Å². The van der Waals surface area contributed by atoms with Crippen LogP contribution >= 0.6 is 0 Å². The fourth-order valence-electron chi connectivity index (χ4n) is 6.18. The number of carboxylic acids is 1. The van der Waals surface area contributed by atoms with Gasteiger partial charge in [-0.2, -0.15) is 0 Å². The highest BCUT2D eigenvalue weighted by molar-refractivity contribution is 5.75. The first-order valence-electron chi connectivity index (χ1n) is 7.83. The molecule has 4 bridgehead atoms. The Bertz CT molecular complexity index is 421. The Kier molecular flexibility index (Phi) is 2.16. The second-order valence-electron chi connectivity index (χ2n) is 8.25. The summed E-state index contributed by atoms with van der Waals surface area (Å²) in [6.45, 7) is 2.01. The van der Waals surface area contributed by atoms with Crippen molar-refractivity contribution in [3.8, 4) is 0 Å². The van der Waals surface area contributed by atoms with Crippen molar-refractivity contribution in [2.45, 2.75) is 63.9 Å². The first-order valence-corrected chi connectivity index (χ1v) is 7.83. The second-order valence-corrected chi connectivity index (χ2v) is 8.25. The lowest BCUT2D eigenvalue weighted by molar-refractivity contribution is -0.215. The third kappa shape index (κ3) is 1.45. The van der Waals surface area contributed by atoms with E-state index in [4.69, 9.17) is 0 Å². The number of carbonyl (C=O) groups is 1. The predicted molar refractivity (Wildman–Crippen MR) is 70.5 cm³/mol. The highest BCUT2D eigenvalue weighted by Gasteiger charge is 2.67. The molecule has 2 N–H and O–H groups in total. The van der Waals surface area contributed by atoms with Gasteiger partial charge in [-0.05, 0) is 76.0 Å². The molecule has 0 aromatic carbocycles. The van der Waals surface area contributed by atoms with Crippen LogP contribution in [0.1, 0.15) is 58.3 Å². The molecule has 0 aromatic heterocycles. The minimum Gasteiger partial charge on any atom is -0.481 e. The quantitative estimate of drug-likeness (QED) is 0.824. The van der Waals surface area contributed by atoms with Crippen LogP contribution in [0.3, 0.4) is 0 Å². The number of aliphatic hydroxyl groups is 1. The minimum atomic E-state index is -0.633. The summed E-state index contributed by atoms with van der Waals surface area (Å²) >= 11 is 0. The lowest BCUT2D eigenvalue weighted by Gasteiger charge is -2.64. The number of rotatable bonds is 3. The van der Waals surface area contributed by atoms with Crippen LogP contribution in [0.5, 0.6) is 0 Å². The molecule has 5 aliphatic carbocycles. The summed E-state index contributed by atoms with van der Waals surface area (Å²) in [5, 5.41) is 20.9. The summed E-state index contributed by atoms with van der Waals surface area (Å²) in [6, 6.07) is 0. The van der Waals surface area contributed by atoms with Crippen LogP contribution in [-0.2, 0) is 4.79 Å². The Balaban J connectivity index is 1.76. The van der Waals surface area contributed by atoms with E-state index in [0.717, 1.165) is 44.9 Å². The van der Waals surface area contributed by atoms with Crippen LogP contribution in [0.25, 0.3) is 0 Å². The van der Waals surface area contributed by atoms with Gasteiger partial charge in [-0.25, -0.2) is 0 Å². The van der Waals surface area contributed by atoms with Gasteiger partial charge in [0, 0.05) is 5.41 Å². The van der Waals surface area contributed by atoms with Crippen LogP contribution in [-0.4, -0.2) is 21.8 Å². The molecular formula is C16H24O3. The normalized spacial score (nSPS) is 51.1. The van der Waals surface area contributed by atoms with Gasteiger partial charge in [0.15, 0.2) is 0 Å². The molecule has 3 unspecified atom stereocenters. The summed E-state index contributed by atoms with van der Waals surface area (Å²) in [5.74, 6) is 0.914. The lowest BCUT2D eigenvalue weighted by Crippen LogP contribution is -2.62. The topological polar surface area (TPSA) is 57.5 Å². The molecule has 0 aliphatic heterocycles. The van der Waals surface area contributed by atoms with Crippen LogP contribution in [0.2, 0.25) is 0 Å². The minimum absolute atomic E-state index is 0.101. The third-order valence-electron chi connectivity index (χ3n) is 6.96. The SMILES string of the molecule is CC(O)(C1CC1)C12CC3CC(CC(C(=O)O)(C3)C1)C2. The number of carboxylic acid groups (broad SMARTS) is 1. The molecule has 0 radical (unpaired) electrons. The molecule has 0 heterocycles. The summed E-state index contributed by atoms with van der Waals surface area (Å²) in [7, 11) is 0. The van der Waals surface area contributed by atoms with E-state index in [1.54, 1.807) is 0 Å². The standard InChI is InChI=1S/C16H24O3/c1-14(19,12-2-3-12)16-7-10-4-11(8-16)6-15(5-10,9-16)13(17)18/h10-12,19H,2-9H2,1H3,(H,17,18). The smallest absolute Gasteiger partial charge is 0.309 e. The van der Waals surface area contributed by atoms with Gasteiger partial charge in [-0.3, -0.25) is 4.79 Å². The van der Waals surface area contributed by atoms with Crippen LogP contribution in [0.4, 0.5) is 0 Å². The average molecular weight is 264 g/mol. The second kappa shape index (κ2) is 3.36. The summed E-state index contributed by atoms with van der Waals surface area (Å²) in [4.78, 5) is 11.8. The molecule has 3 atom stereocenters. The highest BCUT2D eigenvalue weighted by Crippen LogP contribution is 2.70. The Morgan fingerprint density at radius 1 is 1.16 bits per heavy atom. The van der Waals surface area contributed by atoms with E-state index in [2.05, 4.69) is 0 Å². The molecule has 0 aromatic rings. The Morgan fingerprint density at radius 2 is 1.74 bits per heavy atom. The fraction of sp³-hybridized carbons (Fsp3) is 0.938. The van der Waals surface area contributed by atoms with Gasteiger partial charge in [0.25, 0.3) is 0 Å². The van der Waals surface area contributed by atoms with Crippen molar-refractivity contribution in [3.05, 3.63) is 0 Å². The maximum absolute atomic E-state index is 11.8. The largest absolute Gasteiger partial charge is 0.481 e. The number of hydrogen-bond donors (Lipinski definition) is 2. The van der Waals surface area contributed by atoms with Crippen molar-refractivity contribution in [1.82, 2.24) is 0 Å².